The number of carbonyl (C=O) groups is 2. The minimum atomic E-state index is -1.05. The number of pyridine rings is 1. The molecule has 2 aliphatic rings. The van der Waals surface area contributed by atoms with Crippen molar-refractivity contribution in [2.75, 3.05) is 32.6 Å². The molecule has 1 aliphatic carbocycles. The van der Waals surface area contributed by atoms with Crippen molar-refractivity contribution in [2.24, 2.45) is 5.92 Å². The summed E-state index contributed by atoms with van der Waals surface area (Å²) in [7, 11) is 2.87. The topological polar surface area (TPSA) is 121 Å². The summed E-state index contributed by atoms with van der Waals surface area (Å²) in [5.41, 5.74) is -2.67. The smallest absolute Gasteiger partial charge is 0.274 e. The molecule has 2 amide bonds. The van der Waals surface area contributed by atoms with Crippen LogP contribution in [0, 0.1) is 11.7 Å². The maximum absolute atomic E-state index is 14.5. The van der Waals surface area contributed by atoms with E-state index in [0.717, 1.165) is 0 Å². The lowest BCUT2D eigenvalue weighted by molar-refractivity contribution is -0.0102. The van der Waals surface area contributed by atoms with Gasteiger partial charge in [0, 0.05) is 26.4 Å². The van der Waals surface area contributed by atoms with Crippen LogP contribution in [0.1, 0.15) is 33.7 Å². The number of amides is 2. The zero-order valence-corrected chi connectivity index (χ0v) is 18.1. The molecule has 2 heterocycles. The quantitative estimate of drug-likeness (QED) is 0.633. The Morgan fingerprint density at radius 2 is 2.06 bits per heavy atom. The molecule has 1 saturated carbocycles. The highest BCUT2D eigenvalue weighted by molar-refractivity contribution is 6.32. The number of benzene rings is 1. The predicted molar refractivity (Wildman–Crippen MR) is 113 cm³/mol. The molecule has 0 unspecified atom stereocenters. The summed E-state index contributed by atoms with van der Waals surface area (Å²) in [6, 6.07) is 2.58. The molecule has 0 radical (unpaired) electrons. The van der Waals surface area contributed by atoms with Gasteiger partial charge in [-0.2, -0.15) is 0 Å². The Kier molecular flexibility index (Phi) is 5.38. The number of nitrogens with one attached hydrogen (secondary N) is 1. The number of hydrogen-bond acceptors (Lipinski definition) is 6. The number of fused-ring (bicyclic) bond motifs is 2. The number of aromatic nitrogens is 1. The van der Waals surface area contributed by atoms with E-state index in [9.17, 15) is 29.0 Å². The Bertz CT molecular complexity index is 1190. The highest BCUT2D eigenvalue weighted by Gasteiger charge is 2.51. The van der Waals surface area contributed by atoms with Crippen molar-refractivity contribution in [3.8, 4) is 11.5 Å². The Morgan fingerprint density at radius 1 is 1.38 bits per heavy atom. The SMILES string of the molecule is COc1ccc(NC(=O)c2cn3c(c(O)c2=O)C(=O)N(C)C[C@]32C[C@H](CO)C2)c(F)c1Cl. The molecule has 2 aromatic rings. The van der Waals surface area contributed by atoms with Gasteiger partial charge < -0.3 is 29.7 Å². The van der Waals surface area contributed by atoms with Crippen molar-refractivity contribution in [1.82, 2.24) is 9.47 Å². The summed E-state index contributed by atoms with van der Waals surface area (Å²) < 4.78 is 20.9. The Labute approximate surface area is 187 Å². The minimum absolute atomic E-state index is 0.00108. The van der Waals surface area contributed by atoms with Crippen LogP contribution in [0.4, 0.5) is 10.1 Å². The van der Waals surface area contributed by atoms with Gasteiger partial charge in [-0.3, -0.25) is 14.4 Å². The first-order chi connectivity index (χ1) is 15.1. The van der Waals surface area contributed by atoms with Gasteiger partial charge in [-0.05, 0) is 30.9 Å². The van der Waals surface area contributed by atoms with Crippen molar-refractivity contribution < 1.29 is 28.9 Å². The van der Waals surface area contributed by atoms with Crippen molar-refractivity contribution in [3.63, 3.8) is 0 Å². The van der Waals surface area contributed by atoms with Gasteiger partial charge in [0.15, 0.2) is 17.3 Å². The number of aromatic hydroxyl groups is 1. The minimum Gasteiger partial charge on any atom is -0.503 e. The molecule has 9 nitrogen and oxygen atoms in total. The highest BCUT2D eigenvalue weighted by Crippen LogP contribution is 2.47. The average molecular weight is 466 g/mol. The number of hydrogen-bond donors (Lipinski definition) is 3. The van der Waals surface area contributed by atoms with Crippen LogP contribution in [0.15, 0.2) is 23.1 Å². The van der Waals surface area contributed by atoms with Gasteiger partial charge in [-0.25, -0.2) is 4.39 Å². The Hall–Kier alpha value is -3.11. The third-order valence-electron chi connectivity index (χ3n) is 6.13. The lowest BCUT2D eigenvalue weighted by Crippen LogP contribution is -2.60. The maximum atomic E-state index is 14.5. The molecule has 1 aromatic carbocycles. The first-order valence-electron chi connectivity index (χ1n) is 9.82. The van der Waals surface area contributed by atoms with Crippen LogP contribution in [0.25, 0.3) is 0 Å². The van der Waals surface area contributed by atoms with Crippen molar-refractivity contribution in [3.05, 3.63) is 50.7 Å². The van der Waals surface area contributed by atoms with Gasteiger partial charge in [-0.1, -0.05) is 11.6 Å². The van der Waals surface area contributed by atoms with Gasteiger partial charge >= 0.3 is 0 Å². The van der Waals surface area contributed by atoms with Gasteiger partial charge in [-0.15, -0.1) is 0 Å². The van der Waals surface area contributed by atoms with Gasteiger partial charge in [0.2, 0.25) is 5.43 Å². The number of aliphatic hydroxyl groups excluding tert-OH is 1. The van der Waals surface area contributed by atoms with Crippen molar-refractivity contribution >= 4 is 29.1 Å². The van der Waals surface area contributed by atoms with Gasteiger partial charge in [0.1, 0.15) is 16.3 Å². The molecule has 0 saturated heterocycles. The number of halogens is 2. The monoisotopic (exact) mass is 465 g/mol. The van der Waals surface area contributed by atoms with Crippen LogP contribution >= 0.6 is 11.6 Å². The third kappa shape index (κ3) is 3.21. The first-order valence-corrected chi connectivity index (χ1v) is 10.2. The summed E-state index contributed by atoms with van der Waals surface area (Å²) in [5.74, 6) is -3.26. The van der Waals surface area contributed by atoms with Gasteiger partial charge in [0.25, 0.3) is 11.8 Å². The van der Waals surface area contributed by atoms with E-state index in [1.54, 1.807) is 7.05 Å². The lowest BCUT2D eigenvalue weighted by Gasteiger charge is -2.53. The molecule has 0 bridgehead atoms. The molecule has 1 aliphatic heterocycles. The molecule has 4 rings (SSSR count). The molecular weight excluding hydrogens is 445 g/mol. The number of ether oxygens (including phenoxy) is 1. The first kappa shape index (κ1) is 22.1. The van der Waals surface area contributed by atoms with E-state index in [4.69, 9.17) is 16.3 Å². The summed E-state index contributed by atoms with van der Waals surface area (Å²) in [6.45, 7) is 0.257. The Morgan fingerprint density at radius 3 is 2.69 bits per heavy atom. The van der Waals surface area contributed by atoms with E-state index in [0.29, 0.717) is 19.4 Å². The number of methoxy groups -OCH3 is 1. The average Bonchev–Trinajstić information content (AvgIpc) is 2.74. The second-order valence-corrected chi connectivity index (χ2v) is 8.56. The molecule has 11 heteroatoms. The largest absolute Gasteiger partial charge is 0.503 e. The number of anilines is 1. The van der Waals surface area contributed by atoms with E-state index in [-0.39, 0.29) is 34.7 Å². The van der Waals surface area contributed by atoms with E-state index in [1.807, 2.05) is 0 Å². The van der Waals surface area contributed by atoms with Gasteiger partial charge in [0.05, 0.1) is 18.3 Å². The summed E-state index contributed by atoms with van der Waals surface area (Å²) >= 11 is 5.88. The predicted octanol–water partition coefficient (Wildman–Crippen LogP) is 1.79. The third-order valence-corrected chi connectivity index (χ3v) is 6.48. The fourth-order valence-electron chi connectivity index (χ4n) is 4.56. The fraction of sp³-hybridized carbons (Fsp3) is 0.381. The molecule has 32 heavy (non-hydrogen) atoms. The lowest BCUT2D eigenvalue weighted by atomic mass is 9.67. The highest BCUT2D eigenvalue weighted by atomic mass is 35.5. The molecule has 1 aromatic heterocycles. The van der Waals surface area contributed by atoms with Crippen LogP contribution in [-0.2, 0) is 5.54 Å². The summed E-state index contributed by atoms with van der Waals surface area (Å²) in [6.07, 6.45) is 2.22. The summed E-state index contributed by atoms with van der Waals surface area (Å²) in [5, 5.41) is 21.9. The van der Waals surface area contributed by atoms with E-state index >= 15 is 0 Å². The number of likely N-dealkylation sites (N-methyl/N-ethyl adjacent to an activating group) is 1. The molecule has 0 atom stereocenters. The maximum Gasteiger partial charge on any atom is 0.274 e. The number of aliphatic hydroxyl groups is 1. The molecule has 3 N–H and O–H groups in total. The summed E-state index contributed by atoms with van der Waals surface area (Å²) in [4.78, 5) is 39.7. The van der Waals surface area contributed by atoms with Crippen LogP contribution in [0.3, 0.4) is 0 Å². The fourth-order valence-corrected chi connectivity index (χ4v) is 4.80. The normalized spacial score (nSPS) is 21.8. The number of rotatable bonds is 4. The van der Waals surface area contributed by atoms with E-state index in [2.05, 4.69) is 5.32 Å². The van der Waals surface area contributed by atoms with Crippen LogP contribution in [0.5, 0.6) is 11.5 Å². The molecule has 1 fully saturated rings. The van der Waals surface area contributed by atoms with Crippen LogP contribution < -0.4 is 15.5 Å². The second-order valence-electron chi connectivity index (χ2n) is 8.18. The molecule has 1 spiro atoms. The second kappa shape index (κ2) is 7.79. The van der Waals surface area contributed by atoms with E-state index in [1.165, 1.54) is 34.9 Å². The standard InChI is InChI=1S/C21H21ClFN3O6/c1-25-9-21(5-10(6-21)8-27)26-7-11(17(28)18(29)16(26)20(25)31)19(30)24-12-3-4-13(32-2)14(22)15(12)23/h3-4,7,10,27,29H,5-6,8-9H2,1-2H3,(H,24,30)/t10-,21+. The number of carbonyl (C=O) groups excluding carboxylic acids is 2. The Balaban J connectivity index is 1.77. The zero-order valence-electron chi connectivity index (χ0n) is 17.3. The van der Waals surface area contributed by atoms with Crippen LogP contribution in [0.2, 0.25) is 5.02 Å². The molecule has 170 valence electrons. The van der Waals surface area contributed by atoms with Crippen molar-refractivity contribution in [1.29, 1.82) is 0 Å². The zero-order chi connectivity index (χ0) is 23.4. The van der Waals surface area contributed by atoms with Crippen molar-refractivity contribution in [2.45, 2.75) is 18.4 Å². The van der Waals surface area contributed by atoms with Crippen LogP contribution in [-0.4, -0.2) is 58.8 Å². The van der Waals surface area contributed by atoms with E-state index < -0.39 is 39.9 Å². The number of nitrogens with zero attached hydrogens (tertiary/aromatic N) is 2. The molecular formula is C21H21ClFN3O6.